The van der Waals surface area contributed by atoms with E-state index in [0.717, 1.165) is 38.1 Å². The second kappa shape index (κ2) is 8.12. The van der Waals surface area contributed by atoms with Crippen molar-refractivity contribution in [3.05, 3.63) is 91.8 Å². The van der Waals surface area contributed by atoms with E-state index in [9.17, 15) is 4.79 Å². The molecule has 3 N–H and O–H groups in total. The van der Waals surface area contributed by atoms with Crippen LogP contribution in [0.4, 0.5) is 5.69 Å². The minimum atomic E-state index is -0.211. The molecule has 0 atom stereocenters. The summed E-state index contributed by atoms with van der Waals surface area (Å²) in [5.74, 6) is 0.807. The first-order chi connectivity index (χ1) is 13.6. The monoisotopic (exact) mass is 457 g/mol. The molecule has 4 aromatic rings. The van der Waals surface area contributed by atoms with Crippen molar-refractivity contribution in [3.8, 4) is 5.75 Å². The fraction of sp³-hybridized carbons (Fsp3) is 0.0952. The average molecular weight is 459 g/mol. The number of nitrogens with one attached hydrogen (secondary N) is 3. The van der Waals surface area contributed by atoms with Crippen LogP contribution in [-0.2, 0) is 13.2 Å². The van der Waals surface area contributed by atoms with Gasteiger partial charge in [-0.1, -0.05) is 39.7 Å². The van der Waals surface area contributed by atoms with Crippen molar-refractivity contribution in [2.75, 3.05) is 5.32 Å². The minimum absolute atomic E-state index is 0.211. The van der Waals surface area contributed by atoms with E-state index in [2.05, 4.69) is 31.2 Å². The van der Waals surface area contributed by atoms with E-state index in [-0.39, 0.29) is 5.69 Å². The Bertz CT molecular complexity index is 1170. The Morgan fingerprint density at radius 1 is 0.964 bits per heavy atom. The van der Waals surface area contributed by atoms with Crippen molar-refractivity contribution < 1.29 is 4.74 Å². The van der Waals surface area contributed by atoms with Crippen molar-refractivity contribution in [1.82, 2.24) is 9.97 Å². The van der Waals surface area contributed by atoms with E-state index < -0.39 is 0 Å². The lowest BCUT2D eigenvalue weighted by molar-refractivity contribution is 0.303. The van der Waals surface area contributed by atoms with Gasteiger partial charge < -0.3 is 20.0 Å². The first-order valence-electron chi connectivity index (χ1n) is 8.68. The van der Waals surface area contributed by atoms with Crippen LogP contribution in [-0.4, -0.2) is 9.97 Å². The molecule has 0 radical (unpaired) electrons. The summed E-state index contributed by atoms with van der Waals surface area (Å²) in [4.78, 5) is 16.9. The van der Waals surface area contributed by atoms with Crippen molar-refractivity contribution in [3.63, 3.8) is 0 Å². The molecule has 28 heavy (non-hydrogen) atoms. The Balaban J connectivity index is 1.48. The summed E-state index contributed by atoms with van der Waals surface area (Å²) in [6.07, 6.45) is 0. The van der Waals surface area contributed by atoms with Crippen LogP contribution in [0.2, 0.25) is 5.02 Å². The molecule has 0 aliphatic heterocycles. The SMILES string of the molecule is O=c1[nH]c2ccc(NCc3cc(Br)ccc3OCc3ccc(Cl)cc3)cc2[nH]1. The predicted octanol–water partition coefficient (Wildman–Crippen LogP) is 5.46. The maximum absolute atomic E-state index is 11.4. The zero-order chi connectivity index (χ0) is 19.5. The van der Waals surface area contributed by atoms with Crippen LogP contribution < -0.4 is 15.7 Å². The van der Waals surface area contributed by atoms with Crippen molar-refractivity contribution in [1.29, 1.82) is 0 Å². The lowest BCUT2D eigenvalue weighted by atomic mass is 10.2. The van der Waals surface area contributed by atoms with Crippen molar-refractivity contribution >= 4 is 44.3 Å². The molecule has 7 heteroatoms. The van der Waals surface area contributed by atoms with Crippen LogP contribution in [0.3, 0.4) is 0 Å². The Morgan fingerprint density at radius 3 is 2.57 bits per heavy atom. The standard InChI is InChI=1S/C21H17BrClN3O2/c22-15-3-8-20(28-12-13-1-4-16(23)5-2-13)14(9-15)11-24-17-6-7-18-19(10-17)26-21(27)25-18/h1-10,24H,11-12H2,(H2,25,26,27). The van der Waals surface area contributed by atoms with Gasteiger partial charge in [0.1, 0.15) is 12.4 Å². The number of aromatic amines is 2. The second-order valence-corrected chi connectivity index (χ2v) is 7.71. The number of anilines is 1. The molecule has 0 amide bonds. The molecule has 142 valence electrons. The lowest BCUT2D eigenvalue weighted by Crippen LogP contribution is -2.04. The van der Waals surface area contributed by atoms with Gasteiger partial charge in [-0.2, -0.15) is 0 Å². The smallest absolute Gasteiger partial charge is 0.323 e. The number of aromatic nitrogens is 2. The van der Waals surface area contributed by atoms with Crippen LogP contribution >= 0.6 is 27.5 Å². The number of benzene rings is 3. The normalized spacial score (nSPS) is 10.9. The van der Waals surface area contributed by atoms with Crippen LogP contribution in [0, 0.1) is 0 Å². The number of hydrogen-bond donors (Lipinski definition) is 3. The van der Waals surface area contributed by atoms with Gasteiger partial charge in [0.15, 0.2) is 0 Å². The fourth-order valence-electron chi connectivity index (χ4n) is 2.91. The Kier molecular flexibility index (Phi) is 5.41. The Labute approximate surface area is 174 Å². The quantitative estimate of drug-likeness (QED) is 0.359. The zero-order valence-electron chi connectivity index (χ0n) is 14.8. The van der Waals surface area contributed by atoms with Gasteiger partial charge in [0, 0.05) is 27.3 Å². The van der Waals surface area contributed by atoms with Crippen molar-refractivity contribution in [2.24, 2.45) is 0 Å². The summed E-state index contributed by atoms with van der Waals surface area (Å²) < 4.78 is 7.00. The maximum Gasteiger partial charge on any atom is 0.323 e. The third kappa shape index (κ3) is 4.40. The molecule has 0 aliphatic rings. The van der Waals surface area contributed by atoms with Crippen LogP contribution in [0.25, 0.3) is 11.0 Å². The topological polar surface area (TPSA) is 69.9 Å². The summed E-state index contributed by atoms with van der Waals surface area (Å²) in [6, 6.07) is 19.2. The van der Waals surface area contributed by atoms with E-state index in [1.165, 1.54) is 0 Å². The van der Waals surface area contributed by atoms with Crippen molar-refractivity contribution in [2.45, 2.75) is 13.2 Å². The van der Waals surface area contributed by atoms with Gasteiger partial charge in [0.25, 0.3) is 0 Å². The highest BCUT2D eigenvalue weighted by Crippen LogP contribution is 2.26. The number of rotatable bonds is 6. The van der Waals surface area contributed by atoms with E-state index in [1.807, 2.05) is 60.7 Å². The van der Waals surface area contributed by atoms with E-state index in [1.54, 1.807) is 0 Å². The number of imidazole rings is 1. The molecule has 0 aliphatic carbocycles. The van der Waals surface area contributed by atoms with Crippen LogP contribution in [0.15, 0.2) is 69.9 Å². The number of ether oxygens (including phenoxy) is 1. The number of hydrogen-bond acceptors (Lipinski definition) is 3. The maximum atomic E-state index is 11.4. The third-order valence-corrected chi connectivity index (χ3v) is 5.07. The van der Waals surface area contributed by atoms with Gasteiger partial charge in [0.05, 0.1) is 11.0 Å². The van der Waals surface area contributed by atoms with Crippen LogP contribution in [0.1, 0.15) is 11.1 Å². The highest BCUT2D eigenvalue weighted by Gasteiger charge is 2.07. The van der Waals surface area contributed by atoms with Gasteiger partial charge >= 0.3 is 5.69 Å². The predicted molar refractivity (Wildman–Crippen MR) is 116 cm³/mol. The summed E-state index contributed by atoms with van der Waals surface area (Å²) in [6.45, 7) is 1.04. The molecule has 0 fully saturated rings. The van der Waals surface area contributed by atoms with Gasteiger partial charge in [-0.05, 0) is 54.1 Å². The molecule has 0 unspecified atom stereocenters. The van der Waals surface area contributed by atoms with Gasteiger partial charge in [0.2, 0.25) is 0 Å². The van der Waals surface area contributed by atoms with Gasteiger partial charge in [-0.15, -0.1) is 0 Å². The first-order valence-corrected chi connectivity index (χ1v) is 9.85. The first kappa shape index (κ1) is 18.7. The summed E-state index contributed by atoms with van der Waals surface area (Å²) in [5, 5.41) is 4.09. The Morgan fingerprint density at radius 2 is 1.75 bits per heavy atom. The molecule has 0 bridgehead atoms. The molecule has 3 aromatic carbocycles. The highest BCUT2D eigenvalue weighted by molar-refractivity contribution is 9.10. The van der Waals surface area contributed by atoms with Gasteiger partial charge in [-0.3, -0.25) is 0 Å². The number of halogens is 2. The van der Waals surface area contributed by atoms with E-state index in [4.69, 9.17) is 16.3 Å². The molecular weight excluding hydrogens is 442 g/mol. The zero-order valence-corrected chi connectivity index (χ0v) is 17.1. The minimum Gasteiger partial charge on any atom is -0.489 e. The molecule has 0 saturated heterocycles. The molecule has 5 nitrogen and oxygen atoms in total. The number of H-pyrrole nitrogens is 2. The largest absolute Gasteiger partial charge is 0.489 e. The molecule has 1 heterocycles. The molecular formula is C21H17BrClN3O2. The van der Waals surface area contributed by atoms with E-state index in [0.29, 0.717) is 18.2 Å². The third-order valence-electron chi connectivity index (χ3n) is 4.33. The van der Waals surface area contributed by atoms with Gasteiger partial charge in [-0.25, -0.2) is 4.79 Å². The molecule has 0 saturated carbocycles. The summed E-state index contributed by atoms with van der Waals surface area (Å²) in [7, 11) is 0. The van der Waals surface area contributed by atoms with E-state index >= 15 is 0 Å². The second-order valence-electron chi connectivity index (χ2n) is 6.36. The summed E-state index contributed by atoms with van der Waals surface area (Å²) in [5.41, 5.74) is 4.32. The lowest BCUT2D eigenvalue weighted by Gasteiger charge is -2.14. The molecule has 1 aromatic heterocycles. The highest BCUT2D eigenvalue weighted by atomic mass is 79.9. The molecule has 4 rings (SSSR count). The average Bonchev–Trinajstić information content (AvgIpc) is 3.06. The Hall–Kier alpha value is -2.70. The van der Waals surface area contributed by atoms with Crippen LogP contribution in [0.5, 0.6) is 5.75 Å². The molecule has 0 spiro atoms. The number of fused-ring (bicyclic) bond motifs is 1. The summed E-state index contributed by atoms with van der Waals surface area (Å²) >= 11 is 9.45. The fourth-order valence-corrected chi connectivity index (χ4v) is 3.44.